The predicted octanol–water partition coefficient (Wildman–Crippen LogP) is 1.45. The summed E-state index contributed by atoms with van der Waals surface area (Å²) in [6, 6.07) is 5.65. The third-order valence-corrected chi connectivity index (χ3v) is 3.75. The van der Waals surface area contributed by atoms with Crippen molar-refractivity contribution in [3.8, 4) is 0 Å². The van der Waals surface area contributed by atoms with Crippen LogP contribution in [0, 0.1) is 5.92 Å². The summed E-state index contributed by atoms with van der Waals surface area (Å²) in [5, 5.41) is 5.00. The van der Waals surface area contributed by atoms with Crippen LogP contribution in [0.25, 0.3) is 0 Å². The van der Waals surface area contributed by atoms with Crippen molar-refractivity contribution in [2.45, 2.75) is 25.2 Å². The lowest BCUT2D eigenvalue weighted by atomic mass is 10.1. The van der Waals surface area contributed by atoms with E-state index in [0.29, 0.717) is 18.0 Å². The fourth-order valence-electron chi connectivity index (χ4n) is 1.56. The van der Waals surface area contributed by atoms with E-state index in [-0.39, 0.29) is 10.8 Å². The zero-order chi connectivity index (χ0) is 14.6. The Labute approximate surface area is 114 Å². The summed E-state index contributed by atoms with van der Waals surface area (Å²) in [7, 11) is -1.98. The lowest BCUT2D eigenvalue weighted by molar-refractivity contribution is 0.0789. The fraction of sp³-hybridized carbons (Fsp3) is 0.462. The van der Waals surface area contributed by atoms with Crippen LogP contribution in [0.3, 0.4) is 0 Å². The average Bonchev–Trinajstić information content (AvgIpc) is 2.34. The summed E-state index contributed by atoms with van der Waals surface area (Å²) < 4.78 is 22.2. The molecule has 5 nitrogen and oxygen atoms in total. The molecular formula is C13H20N2O3S. The SMILES string of the molecule is CC(C)CCN(C)C(=O)c1ccc(S(N)(=O)=O)cc1. The van der Waals surface area contributed by atoms with Gasteiger partial charge in [-0.3, -0.25) is 4.79 Å². The van der Waals surface area contributed by atoms with E-state index >= 15 is 0 Å². The Kier molecular flexibility index (Phi) is 5.08. The summed E-state index contributed by atoms with van der Waals surface area (Å²) in [4.78, 5) is 13.7. The van der Waals surface area contributed by atoms with Crippen molar-refractivity contribution in [3.63, 3.8) is 0 Å². The van der Waals surface area contributed by atoms with Crippen LogP contribution in [0.1, 0.15) is 30.6 Å². The van der Waals surface area contributed by atoms with Crippen LogP contribution in [-0.2, 0) is 10.0 Å². The van der Waals surface area contributed by atoms with Gasteiger partial charge in [-0.05, 0) is 36.6 Å². The Morgan fingerprint density at radius 1 is 1.26 bits per heavy atom. The van der Waals surface area contributed by atoms with Gasteiger partial charge in [-0.1, -0.05) is 13.8 Å². The molecule has 1 amide bonds. The zero-order valence-electron chi connectivity index (χ0n) is 11.5. The molecule has 1 rings (SSSR count). The van der Waals surface area contributed by atoms with Crippen LogP contribution in [0.5, 0.6) is 0 Å². The van der Waals surface area contributed by atoms with Gasteiger partial charge in [0.25, 0.3) is 5.91 Å². The highest BCUT2D eigenvalue weighted by atomic mass is 32.2. The number of nitrogens with two attached hydrogens (primary N) is 1. The van der Waals surface area contributed by atoms with Crippen molar-refractivity contribution in [2.75, 3.05) is 13.6 Å². The molecule has 0 saturated carbocycles. The molecule has 0 atom stereocenters. The van der Waals surface area contributed by atoms with E-state index in [1.165, 1.54) is 24.3 Å². The second-order valence-corrected chi connectivity index (χ2v) is 6.54. The van der Waals surface area contributed by atoms with Gasteiger partial charge in [-0.25, -0.2) is 13.6 Å². The molecule has 2 N–H and O–H groups in total. The molecule has 0 aliphatic rings. The minimum atomic E-state index is -3.71. The molecule has 0 aromatic heterocycles. The Morgan fingerprint density at radius 2 is 1.79 bits per heavy atom. The monoisotopic (exact) mass is 284 g/mol. The molecule has 0 spiro atoms. The number of benzene rings is 1. The minimum absolute atomic E-state index is 0.00823. The van der Waals surface area contributed by atoms with E-state index in [4.69, 9.17) is 5.14 Å². The molecule has 0 heterocycles. The van der Waals surface area contributed by atoms with Crippen molar-refractivity contribution in [1.29, 1.82) is 0 Å². The summed E-state index contributed by atoms with van der Waals surface area (Å²) in [6.07, 6.45) is 0.928. The maximum absolute atomic E-state index is 12.1. The summed E-state index contributed by atoms with van der Waals surface area (Å²) in [5.74, 6) is 0.404. The highest BCUT2D eigenvalue weighted by Gasteiger charge is 2.13. The largest absolute Gasteiger partial charge is 0.342 e. The molecule has 106 valence electrons. The first-order valence-electron chi connectivity index (χ1n) is 6.10. The topological polar surface area (TPSA) is 80.5 Å². The molecule has 0 bridgehead atoms. The van der Waals surface area contributed by atoms with Crippen LogP contribution in [0.2, 0.25) is 0 Å². The predicted molar refractivity (Wildman–Crippen MR) is 74.2 cm³/mol. The molecule has 0 aliphatic heterocycles. The Balaban J connectivity index is 2.78. The average molecular weight is 284 g/mol. The number of primary sulfonamides is 1. The van der Waals surface area contributed by atoms with E-state index in [2.05, 4.69) is 13.8 Å². The number of sulfonamides is 1. The third kappa shape index (κ3) is 4.65. The van der Waals surface area contributed by atoms with Gasteiger partial charge in [0.1, 0.15) is 0 Å². The van der Waals surface area contributed by atoms with Gasteiger partial charge in [0.05, 0.1) is 4.90 Å². The maximum atomic E-state index is 12.1. The molecule has 0 radical (unpaired) electrons. The van der Waals surface area contributed by atoms with Crippen molar-refractivity contribution in [2.24, 2.45) is 11.1 Å². The van der Waals surface area contributed by atoms with Crippen molar-refractivity contribution in [3.05, 3.63) is 29.8 Å². The number of carbonyl (C=O) groups excluding carboxylic acids is 1. The van der Waals surface area contributed by atoms with Crippen molar-refractivity contribution < 1.29 is 13.2 Å². The highest BCUT2D eigenvalue weighted by Crippen LogP contribution is 2.11. The standard InChI is InChI=1S/C13H20N2O3S/c1-10(2)8-9-15(3)13(16)11-4-6-12(7-5-11)19(14,17)18/h4-7,10H,8-9H2,1-3H3,(H2,14,17,18). The van der Waals surface area contributed by atoms with Crippen LogP contribution < -0.4 is 5.14 Å². The first-order chi connectivity index (χ1) is 8.71. The summed E-state index contributed by atoms with van der Waals surface area (Å²) in [5.41, 5.74) is 0.457. The van der Waals surface area contributed by atoms with Gasteiger partial charge in [-0.2, -0.15) is 0 Å². The van der Waals surface area contributed by atoms with Gasteiger partial charge in [0.15, 0.2) is 0 Å². The summed E-state index contributed by atoms with van der Waals surface area (Å²) in [6.45, 7) is 4.87. The second-order valence-electron chi connectivity index (χ2n) is 4.98. The second kappa shape index (κ2) is 6.16. The fourth-order valence-corrected chi connectivity index (χ4v) is 2.08. The lowest BCUT2D eigenvalue weighted by Gasteiger charge is -2.18. The Morgan fingerprint density at radius 3 is 2.21 bits per heavy atom. The molecule has 1 aromatic rings. The number of rotatable bonds is 5. The number of hydrogen-bond donors (Lipinski definition) is 1. The van der Waals surface area contributed by atoms with Crippen LogP contribution >= 0.6 is 0 Å². The maximum Gasteiger partial charge on any atom is 0.253 e. The quantitative estimate of drug-likeness (QED) is 0.888. The van der Waals surface area contributed by atoms with E-state index in [1.54, 1.807) is 11.9 Å². The molecular weight excluding hydrogens is 264 g/mol. The van der Waals surface area contributed by atoms with E-state index in [0.717, 1.165) is 6.42 Å². The van der Waals surface area contributed by atoms with Gasteiger partial charge >= 0.3 is 0 Å². The minimum Gasteiger partial charge on any atom is -0.342 e. The summed E-state index contributed by atoms with van der Waals surface area (Å²) >= 11 is 0. The lowest BCUT2D eigenvalue weighted by Crippen LogP contribution is -2.28. The third-order valence-electron chi connectivity index (χ3n) is 2.82. The number of carbonyl (C=O) groups is 1. The number of nitrogens with zero attached hydrogens (tertiary/aromatic N) is 1. The van der Waals surface area contributed by atoms with E-state index in [9.17, 15) is 13.2 Å². The van der Waals surface area contributed by atoms with E-state index in [1.807, 2.05) is 0 Å². The van der Waals surface area contributed by atoms with Crippen molar-refractivity contribution >= 4 is 15.9 Å². The molecule has 0 aliphatic carbocycles. The van der Waals surface area contributed by atoms with Gasteiger partial charge in [-0.15, -0.1) is 0 Å². The molecule has 0 saturated heterocycles. The molecule has 6 heteroatoms. The van der Waals surface area contributed by atoms with Gasteiger partial charge < -0.3 is 4.90 Å². The smallest absolute Gasteiger partial charge is 0.253 e. The molecule has 19 heavy (non-hydrogen) atoms. The molecule has 1 aromatic carbocycles. The first-order valence-corrected chi connectivity index (χ1v) is 7.64. The molecule has 0 fully saturated rings. The first kappa shape index (κ1) is 15.7. The Bertz CT molecular complexity index is 536. The van der Waals surface area contributed by atoms with Gasteiger partial charge in [0, 0.05) is 19.2 Å². The number of amides is 1. The normalized spacial score (nSPS) is 11.6. The zero-order valence-corrected chi connectivity index (χ0v) is 12.3. The van der Waals surface area contributed by atoms with Gasteiger partial charge in [0.2, 0.25) is 10.0 Å². The Hall–Kier alpha value is -1.40. The molecule has 0 unspecified atom stereocenters. The van der Waals surface area contributed by atoms with Crippen LogP contribution in [-0.4, -0.2) is 32.8 Å². The van der Waals surface area contributed by atoms with Crippen molar-refractivity contribution in [1.82, 2.24) is 4.90 Å². The number of hydrogen-bond acceptors (Lipinski definition) is 3. The highest BCUT2D eigenvalue weighted by molar-refractivity contribution is 7.89. The van der Waals surface area contributed by atoms with E-state index < -0.39 is 10.0 Å². The van der Waals surface area contributed by atoms with Crippen LogP contribution in [0.4, 0.5) is 0 Å². The van der Waals surface area contributed by atoms with Crippen LogP contribution in [0.15, 0.2) is 29.2 Å².